The topological polar surface area (TPSA) is 30.7 Å². The van der Waals surface area contributed by atoms with E-state index in [0.717, 1.165) is 27.6 Å². The van der Waals surface area contributed by atoms with Gasteiger partial charge in [-0.1, -0.05) is 36.4 Å². The molecular formula is C18H14FN3. The average molecular weight is 291 g/mol. The van der Waals surface area contributed by atoms with Gasteiger partial charge in [-0.05, 0) is 24.3 Å². The van der Waals surface area contributed by atoms with Crippen molar-refractivity contribution in [1.82, 2.24) is 14.5 Å². The highest BCUT2D eigenvalue weighted by molar-refractivity contribution is 5.83. The van der Waals surface area contributed by atoms with Crippen molar-refractivity contribution in [3.63, 3.8) is 0 Å². The fraction of sp³-hybridized carbons (Fsp3) is 0.111. The van der Waals surface area contributed by atoms with Crippen LogP contribution in [0.2, 0.25) is 0 Å². The van der Waals surface area contributed by atoms with Gasteiger partial charge in [0.2, 0.25) is 0 Å². The largest absolute Gasteiger partial charge is 0.320 e. The first-order valence-corrected chi connectivity index (χ1v) is 7.24. The molecule has 0 aliphatic rings. The highest BCUT2D eigenvalue weighted by Crippen LogP contribution is 2.25. The van der Waals surface area contributed by atoms with Gasteiger partial charge in [0.1, 0.15) is 12.4 Å². The zero-order valence-corrected chi connectivity index (χ0v) is 11.9. The van der Waals surface area contributed by atoms with Crippen molar-refractivity contribution in [3.8, 4) is 11.5 Å². The minimum Gasteiger partial charge on any atom is -0.320 e. The predicted molar refractivity (Wildman–Crippen MR) is 86.4 cm³/mol. The minimum absolute atomic E-state index is 0.282. The van der Waals surface area contributed by atoms with Crippen molar-refractivity contribution in [2.75, 3.05) is 6.67 Å². The van der Waals surface area contributed by atoms with Gasteiger partial charge in [0.05, 0.1) is 23.1 Å². The van der Waals surface area contributed by atoms with Gasteiger partial charge >= 0.3 is 0 Å². The molecule has 0 saturated carbocycles. The number of alkyl halides is 1. The first kappa shape index (κ1) is 13.0. The Kier molecular flexibility index (Phi) is 3.07. The van der Waals surface area contributed by atoms with Crippen molar-refractivity contribution >= 4 is 21.9 Å². The van der Waals surface area contributed by atoms with Gasteiger partial charge in [-0.15, -0.1) is 0 Å². The number of benzene rings is 2. The number of hydrogen-bond donors (Lipinski definition) is 0. The lowest BCUT2D eigenvalue weighted by molar-refractivity contribution is 0.451. The molecule has 2 heterocycles. The molecule has 0 aliphatic carbocycles. The molecule has 0 N–H and O–H groups in total. The maximum absolute atomic E-state index is 13.0. The second-order valence-corrected chi connectivity index (χ2v) is 5.15. The second kappa shape index (κ2) is 5.22. The molecule has 3 nitrogen and oxygen atoms in total. The summed E-state index contributed by atoms with van der Waals surface area (Å²) in [6, 6.07) is 19.7. The van der Waals surface area contributed by atoms with Crippen LogP contribution in [-0.2, 0) is 6.54 Å². The zero-order chi connectivity index (χ0) is 14.9. The molecule has 108 valence electrons. The lowest BCUT2D eigenvalue weighted by Gasteiger charge is -2.07. The molecule has 0 spiro atoms. The molecule has 0 atom stereocenters. The maximum atomic E-state index is 13.0. The van der Waals surface area contributed by atoms with Crippen LogP contribution in [0.15, 0.2) is 60.7 Å². The number of halogens is 1. The molecule has 0 fully saturated rings. The highest BCUT2D eigenvalue weighted by Gasteiger charge is 2.13. The molecule has 0 bridgehead atoms. The van der Waals surface area contributed by atoms with Crippen LogP contribution in [0, 0.1) is 0 Å². The van der Waals surface area contributed by atoms with E-state index in [1.165, 1.54) is 0 Å². The molecule has 22 heavy (non-hydrogen) atoms. The summed E-state index contributed by atoms with van der Waals surface area (Å²) in [5.41, 5.74) is 3.48. The molecule has 0 unspecified atom stereocenters. The molecule has 0 amide bonds. The Balaban J connectivity index is 1.96. The lowest BCUT2D eigenvalue weighted by atomic mass is 10.2. The van der Waals surface area contributed by atoms with Crippen LogP contribution in [-0.4, -0.2) is 21.2 Å². The predicted octanol–water partition coefficient (Wildman–Crippen LogP) is 4.22. The lowest BCUT2D eigenvalue weighted by Crippen LogP contribution is -2.03. The Labute approximate surface area is 127 Å². The van der Waals surface area contributed by atoms with Crippen molar-refractivity contribution in [2.24, 2.45) is 0 Å². The molecule has 0 saturated heterocycles. The average Bonchev–Trinajstić information content (AvgIpc) is 2.94. The first-order chi connectivity index (χ1) is 10.9. The Morgan fingerprint density at radius 3 is 2.45 bits per heavy atom. The monoisotopic (exact) mass is 291 g/mol. The van der Waals surface area contributed by atoms with E-state index in [-0.39, 0.29) is 6.54 Å². The Morgan fingerprint density at radius 1 is 0.818 bits per heavy atom. The van der Waals surface area contributed by atoms with Gasteiger partial charge in [-0.3, -0.25) is 0 Å². The molecule has 2 aromatic carbocycles. The number of rotatable bonds is 3. The number of aryl methyl sites for hydroxylation is 1. The van der Waals surface area contributed by atoms with Gasteiger partial charge in [0, 0.05) is 5.39 Å². The van der Waals surface area contributed by atoms with Crippen LogP contribution in [0.25, 0.3) is 33.5 Å². The normalized spacial score (nSPS) is 11.3. The van der Waals surface area contributed by atoms with Crippen LogP contribution in [0.4, 0.5) is 4.39 Å². The Bertz CT molecular complexity index is 959. The molecule has 4 heteroatoms. The van der Waals surface area contributed by atoms with Crippen molar-refractivity contribution < 1.29 is 4.39 Å². The van der Waals surface area contributed by atoms with E-state index in [0.29, 0.717) is 5.82 Å². The summed E-state index contributed by atoms with van der Waals surface area (Å²) in [7, 11) is 0. The Hall–Kier alpha value is -2.75. The van der Waals surface area contributed by atoms with Gasteiger partial charge in [0.15, 0.2) is 5.82 Å². The summed E-state index contributed by atoms with van der Waals surface area (Å²) >= 11 is 0. The number of pyridine rings is 1. The van der Waals surface area contributed by atoms with Crippen LogP contribution in [0.3, 0.4) is 0 Å². The summed E-state index contributed by atoms with van der Waals surface area (Å²) in [6.07, 6.45) is 0. The smallest absolute Gasteiger partial charge is 0.159 e. The highest BCUT2D eigenvalue weighted by atomic mass is 19.1. The van der Waals surface area contributed by atoms with E-state index in [9.17, 15) is 4.39 Å². The van der Waals surface area contributed by atoms with Crippen molar-refractivity contribution in [1.29, 1.82) is 0 Å². The van der Waals surface area contributed by atoms with Gasteiger partial charge in [0.25, 0.3) is 0 Å². The van der Waals surface area contributed by atoms with Gasteiger partial charge in [-0.2, -0.15) is 0 Å². The summed E-state index contributed by atoms with van der Waals surface area (Å²) in [5.74, 6) is 0.713. The second-order valence-electron chi connectivity index (χ2n) is 5.15. The number of nitrogens with zero attached hydrogens (tertiary/aromatic N) is 3. The third-order valence-corrected chi connectivity index (χ3v) is 3.79. The van der Waals surface area contributed by atoms with Gasteiger partial charge in [-0.25, -0.2) is 14.4 Å². The third kappa shape index (κ3) is 2.04. The summed E-state index contributed by atoms with van der Waals surface area (Å²) in [6.45, 7) is -0.148. The molecule has 4 aromatic rings. The number of imidazole rings is 1. The molecular weight excluding hydrogens is 277 g/mol. The Morgan fingerprint density at radius 2 is 1.59 bits per heavy atom. The van der Waals surface area contributed by atoms with E-state index in [1.807, 2.05) is 65.2 Å². The number of fused-ring (bicyclic) bond motifs is 2. The number of para-hydroxylation sites is 3. The number of aromatic nitrogens is 3. The molecule has 0 radical (unpaired) electrons. The summed E-state index contributed by atoms with van der Waals surface area (Å²) in [4.78, 5) is 9.32. The standard InChI is InChI=1S/C18H14FN3/c19-11-12-22-17-8-4-3-7-15(17)21-18(22)16-10-9-13-5-1-2-6-14(13)20-16/h1-10H,11-12H2. The van der Waals surface area contributed by atoms with E-state index in [1.54, 1.807) is 0 Å². The fourth-order valence-electron chi connectivity index (χ4n) is 2.77. The zero-order valence-electron chi connectivity index (χ0n) is 11.9. The van der Waals surface area contributed by atoms with E-state index >= 15 is 0 Å². The summed E-state index contributed by atoms with van der Waals surface area (Å²) in [5, 5.41) is 1.08. The summed E-state index contributed by atoms with van der Waals surface area (Å²) < 4.78 is 14.9. The van der Waals surface area contributed by atoms with E-state index in [2.05, 4.69) is 9.97 Å². The van der Waals surface area contributed by atoms with Crippen LogP contribution in [0.1, 0.15) is 0 Å². The first-order valence-electron chi connectivity index (χ1n) is 7.24. The van der Waals surface area contributed by atoms with Crippen LogP contribution < -0.4 is 0 Å². The number of hydrogen-bond acceptors (Lipinski definition) is 2. The van der Waals surface area contributed by atoms with Crippen LogP contribution >= 0.6 is 0 Å². The van der Waals surface area contributed by atoms with E-state index < -0.39 is 6.67 Å². The molecule has 0 aliphatic heterocycles. The SMILES string of the molecule is FCCn1c(-c2ccc3ccccc3n2)nc2ccccc21. The van der Waals surface area contributed by atoms with Crippen molar-refractivity contribution in [3.05, 3.63) is 60.7 Å². The van der Waals surface area contributed by atoms with Crippen LogP contribution in [0.5, 0.6) is 0 Å². The van der Waals surface area contributed by atoms with Gasteiger partial charge < -0.3 is 4.57 Å². The minimum atomic E-state index is -0.430. The molecule has 4 rings (SSSR count). The van der Waals surface area contributed by atoms with Crippen molar-refractivity contribution in [2.45, 2.75) is 6.54 Å². The fourth-order valence-corrected chi connectivity index (χ4v) is 2.77. The third-order valence-electron chi connectivity index (χ3n) is 3.79. The van der Waals surface area contributed by atoms with E-state index in [4.69, 9.17) is 0 Å². The molecule has 2 aromatic heterocycles. The quantitative estimate of drug-likeness (QED) is 0.566. The maximum Gasteiger partial charge on any atom is 0.159 e.